The molecule has 0 saturated heterocycles. The summed E-state index contributed by atoms with van der Waals surface area (Å²) in [7, 11) is 0. The number of hydrogen-bond donors (Lipinski definition) is 2. The molecule has 0 aliphatic heterocycles. The molecule has 1 amide bonds. The summed E-state index contributed by atoms with van der Waals surface area (Å²) >= 11 is 0. The quantitative estimate of drug-likeness (QED) is 0.730. The molecule has 1 aliphatic rings. The molecule has 6 nitrogen and oxygen atoms in total. The van der Waals surface area contributed by atoms with Crippen molar-refractivity contribution in [3.05, 3.63) is 53.0 Å². The normalized spacial score (nSPS) is 18.6. The van der Waals surface area contributed by atoms with E-state index in [1.807, 2.05) is 39.0 Å². The van der Waals surface area contributed by atoms with Crippen LogP contribution < -0.4 is 11.1 Å². The molecule has 1 aliphatic carbocycles. The van der Waals surface area contributed by atoms with E-state index in [0.717, 1.165) is 34.5 Å². The fourth-order valence-corrected chi connectivity index (χ4v) is 3.86. The lowest BCUT2D eigenvalue weighted by atomic mass is 10.1. The first-order valence-corrected chi connectivity index (χ1v) is 9.39. The molecule has 2 heterocycles. The van der Waals surface area contributed by atoms with Gasteiger partial charge in [-0.15, -0.1) is 0 Å². The summed E-state index contributed by atoms with van der Waals surface area (Å²) in [5, 5.41) is 3.09. The minimum atomic E-state index is 0.0943. The number of pyridine rings is 1. The molecule has 2 unspecified atom stereocenters. The van der Waals surface area contributed by atoms with Crippen molar-refractivity contribution >= 4 is 22.8 Å². The number of carbonyl (C=O) groups is 1. The number of nitrogens with two attached hydrogens (primary N) is 1. The van der Waals surface area contributed by atoms with E-state index < -0.39 is 0 Å². The van der Waals surface area contributed by atoms with Crippen molar-refractivity contribution in [2.75, 3.05) is 12.3 Å². The Morgan fingerprint density at radius 2 is 1.96 bits per heavy atom. The van der Waals surface area contributed by atoms with Gasteiger partial charge in [0.1, 0.15) is 11.3 Å². The molecular formula is C21H25N5O. The Hall–Kier alpha value is -2.89. The van der Waals surface area contributed by atoms with Crippen LogP contribution >= 0.6 is 0 Å². The van der Waals surface area contributed by atoms with Gasteiger partial charge in [0.15, 0.2) is 5.82 Å². The number of nitrogens with one attached hydrogen (secondary N) is 1. The SMILES string of the molecule is Cc1nc(N)c2nc(C)n(CCNC(=O)C3CC3c3ccccc3)c2c1C. The lowest BCUT2D eigenvalue weighted by Gasteiger charge is -2.11. The molecule has 2 aromatic heterocycles. The highest BCUT2D eigenvalue weighted by Crippen LogP contribution is 2.47. The Labute approximate surface area is 158 Å². The molecule has 3 N–H and O–H groups in total. The highest BCUT2D eigenvalue weighted by Gasteiger charge is 2.43. The van der Waals surface area contributed by atoms with Crippen molar-refractivity contribution in [2.24, 2.45) is 5.92 Å². The van der Waals surface area contributed by atoms with Crippen LogP contribution in [0.25, 0.3) is 11.0 Å². The minimum absolute atomic E-state index is 0.0943. The Morgan fingerprint density at radius 3 is 2.70 bits per heavy atom. The zero-order chi connectivity index (χ0) is 19.1. The monoisotopic (exact) mass is 363 g/mol. The molecule has 1 fully saturated rings. The predicted octanol–water partition coefficient (Wildman–Crippen LogP) is 2.86. The molecule has 27 heavy (non-hydrogen) atoms. The molecule has 0 radical (unpaired) electrons. The first-order chi connectivity index (χ1) is 13.0. The molecule has 140 valence electrons. The van der Waals surface area contributed by atoms with Crippen molar-refractivity contribution in [1.29, 1.82) is 0 Å². The number of amides is 1. The third kappa shape index (κ3) is 3.16. The van der Waals surface area contributed by atoms with E-state index >= 15 is 0 Å². The zero-order valence-corrected chi connectivity index (χ0v) is 16.0. The number of rotatable bonds is 5. The van der Waals surface area contributed by atoms with E-state index in [9.17, 15) is 4.79 Å². The third-order valence-corrected chi connectivity index (χ3v) is 5.58. The Bertz CT molecular complexity index is 1010. The second-order valence-electron chi connectivity index (χ2n) is 7.37. The van der Waals surface area contributed by atoms with Gasteiger partial charge in [-0.1, -0.05) is 30.3 Å². The number of hydrogen-bond acceptors (Lipinski definition) is 4. The molecule has 4 rings (SSSR count). The van der Waals surface area contributed by atoms with Gasteiger partial charge >= 0.3 is 0 Å². The van der Waals surface area contributed by atoms with E-state index in [4.69, 9.17) is 5.73 Å². The summed E-state index contributed by atoms with van der Waals surface area (Å²) < 4.78 is 2.12. The minimum Gasteiger partial charge on any atom is -0.382 e. The Kier molecular flexibility index (Phi) is 4.34. The number of carbonyl (C=O) groups excluding carboxylic acids is 1. The topological polar surface area (TPSA) is 85.8 Å². The number of anilines is 1. The number of imidazole rings is 1. The number of aromatic nitrogens is 3. The van der Waals surface area contributed by atoms with Gasteiger partial charge in [-0.25, -0.2) is 9.97 Å². The first kappa shape index (κ1) is 17.5. The van der Waals surface area contributed by atoms with Gasteiger partial charge in [0.25, 0.3) is 0 Å². The fourth-order valence-electron chi connectivity index (χ4n) is 3.86. The standard InChI is InChI=1S/C21H25N5O/c1-12-13(2)24-20(22)18-19(12)26(14(3)25-18)10-9-23-21(27)17-11-16(17)15-7-5-4-6-8-15/h4-8,16-17H,9-11H2,1-3H3,(H2,22,24)(H,23,27). The van der Waals surface area contributed by atoms with E-state index in [2.05, 4.69) is 32.0 Å². The largest absolute Gasteiger partial charge is 0.382 e. The fraction of sp³-hybridized carbons (Fsp3) is 0.381. The van der Waals surface area contributed by atoms with Gasteiger partial charge in [0.05, 0.1) is 5.52 Å². The molecule has 0 bridgehead atoms. The number of nitrogens with zero attached hydrogens (tertiary/aromatic N) is 3. The first-order valence-electron chi connectivity index (χ1n) is 9.39. The number of aryl methyl sites for hydroxylation is 3. The summed E-state index contributed by atoms with van der Waals surface area (Å²) in [5.74, 6) is 1.94. The van der Waals surface area contributed by atoms with E-state index in [0.29, 0.717) is 24.8 Å². The third-order valence-electron chi connectivity index (χ3n) is 5.58. The summed E-state index contributed by atoms with van der Waals surface area (Å²) in [4.78, 5) is 21.4. The second-order valence-corrected chi connectivity index (χ2v) is 7.37. The van der Waals surface area contributed by atoms with Crippen LogP contribution in [0, 0.1) is 26.7 Å². The van der Waals surface area contributed by atoms with Gasteiger partial charge in [0.2, 0.25) is 5.91 Å². The maximum absolute atomic E-state index is 12.5. The van der Waals surface area contributed by atoms with Gasteiger partial charge < -0.3 is 15.6 Å². The average molecular weight is 363 g/mol. The van der Waals surface area contributed by atoms with Gasteiger partial charge in [-0.3, -0.25) is 4.79 Å². The maximum Gasteiger partial charge on any atom is 0.223 e. The van der Waals surface area contributed by atoms with Crippen LogP contribution in [-0.4, -0.2) is 27.0 Å². The highest BCUT2D eigenvalue weighted by molar-refractivity contribution is 5.88. The van der Waals surface area contributed by atoms with E-state index in [1.165, 1.54) is 5.56 Å². The van der Waals surface area contributed by atoms with Crippen LogP contribution in [0.2, 0.25) is 0 Å². The second kappa shape index (κ2) is 6.68. The molecule has 6 heteroatoms. The lowest BCUT2D eigenvalue weighted by molar-refractivity contribution is -0.122. The summed E-state index contributed by atoms with van der Waals surface area (Å²) in [6.07, 6.45) is 0.934. The molecule has 3 aromatic rings. The van der Waals surface area contributed by atoms with Gasteiger partial charge in [-0.05, 0) is 44.2 Å². The van der Waals surface area contributed by atoms with Crippen molar-refractivity contribution in [3.63, 3.8) is 0 Å². The maximum atomic E-state index is 12.5. The van der Waals surface area contributed by atoms with Crippen LogP contribution in [0.5, 0.6) is 0 Å². The zero-order valence-electron chi connectivity index (χ0n) is 16.0. The van der Waals surface area contributed by atoms with Gasteiger partial charge in [-0.2, -0.15) is 0 Å². The molecule has 2 atom stereocenters. The van der Waals surface area contributed by atoms with Crippen LogP contribution in [0.3, 0.4) is 0 Å². The Balaban J connectivity index is 1.43. The summed E-state index contributed by atoms with van der Waals surface area (Å²) in [5.41, 5.74) is 11.0. The number of nitrogen functional groups attached to an aromatic ring is 1. The predicted molar refractivity (Wildman–Crippen MR) is 106 cm³/mol. The smallest absolute Gasteiger partial charge is 0.223 e. The highest BCUT2D eigenvalue weighted by atomic mass is 16.2. The molecule has 1 saturated carbocycles. The van der Waals surface area contributed by atoms with Crippen LogP contribution in [0.4, 0.5) is 5.82 Å². The van der Waals surface area contributed by atoms with Crippen LogP contribution in [0.1, 0.15) is 35.0 Å². The summed E-state index contributed by atoms with van der Waals surface area (Å²) in [6.45, 7) is 7.19. The molecule has 1 aromatic carbocycles. The van der Waals surface area contributed by atoms with Crippen molar-refractivity contribution in [2.45, 2.75) is 39.7 Å². The average Bonchev–Trinajstić information content (AvgIpc) is 3.39. The van der Waals surface area contributed by atoms with E-state index in [-0.39, 0.29) is 11.8 Å². The van der Waals surface area contributed by atoms with Crippen molar-refractivity contribution in [1.82, 2.24) is 19.9 Å². The van der Waals surface area contributed by atoms with Gasteiger partial charge in [0, 0.05) is 24.7 Å². The lowest BCUT2D eigenvalue weighted by Crippen LogP contribution is -2.29. The van der Waals surface area contributed by atoms with E-state index in [1.54, 1.807) is 0 Å². The Morgan fingerprint density at radius 1 is 1.22 bits per heavy atom. The van der Waals surface area contributed by atoms with Crippen LogP contribution in [0.15, 0.2) is 30.3 Å². The molecule has 0 spiro atoms. The van der Waals surface area contributed by atoms with Crippen molar-refractivity contribution < 1.29 is 4.79 Å². The number of benzene rings is 1. The van der Waals surface area contributed by atoms with Crippen molar-refractivity contribution in [3.8, 4) is 0 Å². The molecular weight excluding hydrogens is 338 g/mol. The summed E-state index contributed by atoms with van der Waals surface area (Å²) in [6, 6.07) is 10.3. The number of fused-ring (bicyclic) bond motifs is 1. The van der Waals surface area contributed by atoms with Crippen LogP contribution in [-0.2, 0) is 11.3 Å².